The highest BCUT2D eigenvalue weighted by Gasteiger charge is 2.49. The molecule has 3 fully saturated rings. The number of benzene rings is 2. The molecule has 1 amide bonds. The van der Waals surface area contributed by atoms with Crippen molar-refractivity contribution in [2.45, 2.75) is 94.9 Å². The van der Waals surface area contributed by atoms with Gasteiger partial charge < -0.3 is 14.4 Å². The van der Waals surface area contributed by atoms with Crippen molar-refractivity contribution < 1.29 is 18.5 Å². The van der Waals surface area contributed by atoms with Crippen LogP contribution < -0.4 is 14.4 Å². The third-order valence-electron chi connectivity index (χ3n) is 13.0. The van der Waals surface area contributed by atoms with E-state index in [9.17, 15) is 9.00 Å². The quantitative estimate of drug-likeness (QED) is 0.313. The molecule has 284 valence electrons. The number of piperazine rings is 1. The molecule has 4 heterocycles. The molecule has 7 rings (SSSR count). The van der Waals surface area contributed by atoms with E-state index < -0.39 is 16.6 Å². The second kappa shape index (κ2) is 16.5. The first kappa shape index (κ1) is 37.9. The van der Waals surface area contributed by atoms with Gasteiger partial charge in [-0.1, -0.05) is 56.5 Å². The van der Waals surface area contributed by atoms with Crippen molar-refractivity contribution in [3.8, 4) is 5.75 Å². The fourth-order valence-corrected chi connectivity index (χ4v) is 10.8. The molecule has 2 saturated heterocycles. The highest BCUT2D eigenvalue weighted by Crippen LogP contribution is 2.47. The number of nitrogens with one attached hydrogen (secondary N) is 1. The van der Waals surface area contributed by atoms with Crippen molar-refractivity contribution in [3.63, 3.8) is 0 Å². The molecule has 1 aliphatic carbocycles. The molecule has 4 aliphatic heterocycles. The number of carbonyl (C=O) groups is 1. The van der Waals surface area contributed by atoms with Gasteiger partial charge in [-0.2, -0.15) is 0 Å². The van der Waals surface area contributed by atoms with Crippen molar-refractivity contribution in [2.75, 3.05) is 64.4 Å². The van der Waals surface area contributed by atoms with E-state index >= 15 is 0 Å². The second-order valence-corrected chi connectivity index (χ2v) is 18.2. The number of nitrogens with zero attached hydrogens (tertiary/aromatic N) is 3. The number of hydrogen-bond acceptors (Lipinski definition) is 7. The van der Waals surface area contributed by atoms with Gasteiger partial charge in [0.25, 0.3) is 5.91 Å². The number of amides is 1. The summed E-state index contributed by atoms with van der Waals surface area (Å²) in [7, 11) is 0.380. The van der Waals surface area contributed by atoms with Crippen molar-refractivity contribution in [1.29, 1.82) is 0 Å². The molecule has 2 bridgehead atoms. The highest BCUT2D eigenvalue weighted by molar-refractivity contribution is 7.84. The van der Waals surface area contributed by atoms with Gasteiger partial charge in [0.15, 0.2) is 0 Å². The van der Waals surface area contributed by atoms with Crippen molar-refractivity contribution in [2.24, 2.45) is 17.8 Å². The fourth-order valence-electron chi connectivity index (χ4n) is 9.59. The van der Waals surface area contributed by atoms with E-state index in [0.29, 0.717) is 30.0 Å². The minimum atomic E-state index is -1.54. The average molecular weight is 751 g/mol. The van der Waals surface area contributed by atoms with Gasteiger partial charge in [-0.25, -0.2) is 4.21 Å². The smallest absolute Gasteiger partial charge is 0.263 e. The first-order chi connectivity index (χ1) is 25.2. The number of fused-ring (bicyclic) bond motifs is 3. The summed E-state index contributed by atoms with van der Waals surface area (Å²) in [6, 6.07) is 12.6. The molecule has 8 nitrogen and oxygen atoms in total. The summed E-state index contributed by atoms with van der Waals surface area (Å²) < 4.78 is 29.7. The number of carbonyl (C=O) groups excluding carboxylic acids is 1. The van der Waals surface area contributed by atoms with Gasteiger partial charge >= 0.3 is 0 Å². The predicted octanol–water partition coefficient (Wildman–Crippen LogP) is 7.23. The van der Waals surface area contributed by atoms with Crippen LogP contribution in [0, 0.1) is 17.8 Å². The van der Waals surface area contributed by atoms with E-state index in [1.165, 1.54) is 36.9 Å². The Morgan fingerprint density at radius 2 is 1.90 bits per heavy atom. The predicted molar refractivity (Wildman–Crippen MR) is 212 cm³/mol. The Hall–Kier alpha value is -2.43. The number of anilines is 1. The van der Waals surface area contributed by atoms with Crippen LogP contribution in [0.1, 0.15) is 93.1 Å². The van der Waals surface area contributed by atoms with Crippen LogP contribution in [-0.4, -0.2) is 96.3 Å². The molecule has 10 heteroatoms. The van der Waals surface area contributed by atoms with Gasteiger partial charge in [0.1, 0.15) is 22.3 Å². The Kier molecular flexibility index (Phi) is 12.0. The van der Waals surface area contributed by atoms with Crippen LogP contribution >= 0.6 is 11.6 Å². The molecule has 8 unspecified atom stereocenters. The number of piperidine rings is 1. The Morgan fingerprint density at radius 3 is 2.69 bits per heavy atom. The molecular formula is C42H59ClN4O4S. The monoisotopic (exact) mass is 750 g/mol. The summed E-state index contributed by atoms with van der Waals surface area (Å²) in [4.78, 5) is 21.5. The Balaban J connectivity index is 1.25. The topological polar surface area (TPSA) is 74.3 Å². The summed E-state index contributed by atoms with van der Waals surface area (Å²) in [6.45, 7) is 13.9. The number of halogens is 1. The minimum Gasteiger partial charge on any atom is -0.491 e. The maximum atomic E-state index is 13.6. The van der Waals surface area contributed by atoms with E-state index in [2.05, 4.69) is 57.6 Å². The number of ether oxygens (including phenoxy) is 2. The van der Waals surface area contributed by atoms with Gasteiger partial charge in [-0.05, 0) is 111 Å². The van der Waals surface area contributed by atoms with Crippen molar-refractivity contribution in [3.05, 3.63) is 70.3 Å². The average Bonchev–Trinajstić information content (AvgIpc) is 3.31. The second-order valence-electron chi connectivity index (χ2n) is 16.3. The normalized spacial score (nSPS) is 33.8. The zero-order valence-electron chi connectivity index (χ0n) is 31.7. The molecule has 0 spiro atoms. The maximum Gasteiger partial charge on any atom is 0.263 e. The number of allylic oxidation sites excluding steroid dienone is 1. The van der Waals surface area contributed by atoms with Gasteiger partial charge in [-0.15, -0.1) is 0 Å². The number of hydrogen-bond donors (Lipinski definition) is 1. The summed E-state index contributed by atoms with van der Waals surface area (Å²) in [6.07, 6.45) is 13.6. The third kappa shape index (κ3) is 8.00. The van der Waals surface area contributed by atoms with Gasteiger partial charge in [0.2, 0.25) is 0 Å². The van der Waals surface area contributed by atoms with Crippen LogP contribution in [0.2, 0.25) is 5.02 Å². The van der Waals surface area contributed by atoms with Gasteiger partial charge in [0, 0.05) is 68.9 Å². The van der Waals surface area contributed by atoms with E-state index in [4.69, 9.17) is 21.1 Å². The molecule has 5 aliphatic rings. The maximum absolute atomic E-state index is 13.6. The van der Waals surface area contributed by atoms with Crippen molar-refractivity contribution >= 4 is 34.2 Å². The fraction of sp³-hybridized carbons (Fsp3) is 0.643. The molecular weight excluding hydrogens is 692 g/mol. The molecule has 1 saturated carbocycles. The lowest BCUT2D eigenvalue weighted by atomic mass is 9.63. The Morgan fingerprint density at radius 1 is 1.04 bits per heavy atom. The molecule has 2 aromatic rings. The largest absolute Gasteiger partial charge is 0.491 e. The number of methoxy groups -OCH3 is 1. The third-order valence-corrected chi connectivity index (χ3v) is 14.8. The highest BCUT2D eigenvalue weighted by atomic mass is 35.5. The summed E-state index contributed by atoms with van der Waals surface area (Å²) in [5.41, 5.74) is 3.56. The zero-order chi connectivity index (χ0) is 36.4. The molecule has 1 N–H and O–H groups in total. The number of rotatable bonds is 6. The molecule has 8 atom stereocenters. The van der Waals surface area contributed by atoms with E-state index in [1.54, 1.807) is 0 Å². The van der Waals surface area contributed by atoms with Gasteiger partial charge in [-0.3, -0.25) is 19.3 Å². The summed E-state index contributed by atoms with van der Waals surface area (Å²) in [5, 5.41) is 0.547. The van der Waals surface area contributed by atoms with Gasteiger partial charge in [0.05, 0.1) is 17.5 Å². The summed E-state index contributed by atoms with van der Waals surface area (Å²) in [5.74, 6) is 1.46. The molecule has 2 aromatic carbocycles. The Labute approximate surface area is 319 Å². The molecule has 52 heavy (non-hydrogen) atoms. The van der Waals surface area contributed by atoms with Crippen LogP contribution in [0.5, 0.6) is 5.75 Å². The van der Waals surface area contributed by atoms with Crippen LogP contribution in [0.4, 0.5) is 5.69 Å². The minimum absolute atomic E-state index is 0.112. The van der Waals surface area contributed by atoms with Crippen LogP contribution in [0.15, 0.2) is 48.6 Å². The lowest BCUT2D eigenvalue weighted by Crippen LogP contribution is -2.61. The van der Waals surface area contributed by atoms with Crippen LogP contribution in [-0.2, 0) is 22.1 Å². The molecule has 0 aromatic heterocycles. The van der Waals surface area contributed by atoms with E-state index in [-0.39, 0.29) is 23.0 Å². The van der Waals surface area contributed by atoms with Crippen LogP contribution in [0.25, 0.3) is 0 Å². The number of aryl methyl sites for hydroxylation is 1. The summed E-state index contributed by atoms with van der Waals surface area (Å²) >= 11 is 6.51. The lowest BCUT2D eigenvalue weighted by molar-refractivity contribution is -0.1000. The van der Waals surface area contributed by atoms with Crippen molar-refractivity contribution in [1.82, 2.24) is 14.5 Å². The molecule has 0 radical (unpaired) electrons. The van der Waals surface area contributed by atoms with E-state index in [1.807, 2.05) is 38.3 Å². The first-order valence-electron chi connectivity index (χ1n) is 19.9. The zero-order valence-corrected chi connectivity index (χ0v) is 33.2. The standard InChI is InChI=1S/C42H59ClN4O4S/c1-5-9-31-22-35(43)14-15-37(31)34-25-47-24-33-12-16-38(33)42(50-4,28-45-20-21-46-19-7-6-11-36(46)26-45)18-8-10-29(2)30(3)52(49)44-41(48)32-13-17-40(51-27-34)39(47)23-32/h8,13-15,17-18,22-23,29-30,33-34,36,38H,5-7,9-12,16,19-21,24-28H2,1-4H3,(H,44,48)/b18-8+. The Bertz CT molecular complexity index is 1640. The van der Waals surface area contributed by atoms with Crippen LogP contribution in [0.3, 0.4) is 0 Å². The van der Waals surface area contributed by atoms with E-state index in [0.717, 1.165) is 87.8 Å². The SMILES string of the molecule is CCCc1cc(Cl)ccc1C1COc2ccc3cc2N(C1)CC1CCC1C(CN1CCN2CCCCC2C1)(OC)/C=C/CC(C)C(C)S(=O)NC3=O. The lowest BCUT2D eigenvalue weighted by Gasteiger charge is -2.53. The first-order valence-corrected chi connectivity index (χ1v) is 21.5.